The van der Waals surface area contributed by atoms with E-state index < -0.39 is 0 Å². The molecule has 3 aromatic heterocycles. The maximum Gasteiger partial charge on any atom is 0.258 e. The minimum absolute atomic E-state index is 0.0547. The summed E-state index contributed by atoms with van der Waals surface area (Å²) in [7, 11) is 0. The van der Waals surface area contributed by atoms with Gasteiger partial charge in [0.25, 0.3) is 5.56 Å². The van der Waals surface area contributed by atoms with E-state index >= 15 is 0 Å². The van der Waals surface area contributed by atoms with Crippen molar-refractivity contribution >= 4 is 28.4 Å². The Labute approximate surface area is 155 Å². The number of aromatic nitrogens is 4. The van der Waals surface area contributed by atoms with Crippen molar-refractivity contribution in [2.24, 2.45) is 0 Å². The molecule has 0 N–H and O–H groups in total. The van der Waals surface area contributed by atoms with Crippen LogP contribution in [0, 0.1) is 6.92 Å². The number of fused-ring (bicyclic) bond motifs is 2. The summed E-state index contributed by atoms with van der Waals surface area (Å²) in [5.41, 5.74) is 4.44. The molecule has 6 heteroatoms. The van der Waals surface area contributed by atoms with Gasteiger partial charge in [-0.25, -0.2) is 9.97 Å². The lowest BCUT2D eigenvalue weighted by Gasteiger charge is -2.10. The molecule has 0 aliphatic rings. The van der Waals surface area contributed by atoms with Crippen molar-refractivity contribution in [3.05, 3.63) is 70.3 Å². The first-order valence-corrected chi connectivity index (χ1v) is 9.72. The van der Waals surface area contributed by atoms with Crippen molar-refractivity contribution in [3.8, 4) is 0 Å². The van der Waals surface area contributed by atoms with Gasteiger partial charge in [0.15, 0.2) is 5.16 Å². The molecule has 4 aromatic rings. The Morgan fingerprint density at radius 1 is 1.12 bits per heavy atom. The molecule has 0 aliphatic carbocycles. The molecule has 0 atom stereocenters. The molecule has 132 valence electrons. The van der Waals surface area contributed by atoms with Crippen LogP contribution in [0.2, 0.25) is 0 Å². The predicted molar refractivity (Wildman–Crippen MR) is 106 cm³/mol. The van der Waals surface area contributed by atoms with E-state index in [0.717, 1.165) is 39.6 Å². The molecule has 4 rings (SSSR count). The zero-order chi connectivity index (χ0) is 18.1. The van der Waals surface area contributed by atoms with Crippen LogP contribution in [-0.4, -0.2) is 24.7 Å². The lowest BCUT2D eigenvalue weighted by molar-refractivity contribution is 0.711. The van der Waals surface area contributed by atoms with Gasteiger partial charge in [0.2, 0.25) is 0 Å². The summed E-state index contributed by atoms with van der Waals surface area (Å²) in [6.07, 6.45) is 2.85. The van der Waals surface area contributed by atoms with Crippen LogP contribution in [0.3, 0.4) is 0 Å². The Bertz CT molecular complexity index is 1150. The normalized spacial score (nSPS) is 11.5. The summed E-state index contributed by atoms with van der Waals surface area (Å²) in [4.78, 5) is 22.0. The van der Waals surface area contributed by atoms with E-state index in [1.165, 1.54) is 0 Å². The smallest absolute Gasteiger partial charge is 0.258 e. The van der Waals surface area contributed by atoms with E-state index in [0.29, 0.717) is 12.2 Å². The number of benzene rings is 1. The van der Waals surface area contributed by atoms with E-state index in [2.05, 4.69) is 17.6 Å². The average molecular weight is 364 g/mol. The standard InChI is InChI=1S/C20H20N4OS/c1-3-11-26-20-22-16-8-4-5-9-17(16)24(20)13-15-12-18(25)23-10-6-7-14(2)19(23)21-15/h4-10,12H,3,11,13H2,1-2H3. The lowest BCUT2D eigenvalue weighted by Crippen LogP contribution is -2.17. The fourth-order valence-electron chi connectivity index (χ4n) is 3.06. The van der Waals surface area contributed by atoms with E-state index in [-0.39, 0.29) is 5.56 Å². The van der Waals surface area contributed by atoms with Crippen LogP contribution < -0.4 is 5.56 Å². The Morgan fingerprint density at radius 2 is 1.96 bits per heavy atom. The molecular formula is C20H20N4OS. The Balaban J connectivity index is 1.83. The van der Waals surface area contributed by atoms with Crippen LogP contribution in [0.4, 0.5) is 0 Å². The van der Waals surface area contributed by atoms with Crippen molar-refractivity contribution in [2.45, 2.75) is 32.0 Å². The van der Waals surface area contributed by atoms with Crippen molar-refractivity contribution in [3.63, 3.8) is 0 Å². The highest BCUT2D eigenvalue weighted by Crippen LogP contribution is 2.25. The summed E-state index contributed by atoms with van der Waals surface area (Å²) < 4.78 is 3.75. The monoisotopic (exact) mass is 364 g/mol. The largest absolute Gasteiger partial charge is 0.313 e. The van der Waals surface area contributed by atoms with Crippen molar-refractivity contribution in [1.29, 1.82) is 0 Å². The number of thioether (sulfide) groups is 1. The second-order valence-corrected chi connectivity index (χ2v) is 7.35. The van der Waals surface area contributed by atoms with Crippen molar-refractivity contribution in [1.82, 2.24) is 18.9 Å². The van der Waals surface area contributed by atoms with E-state index in [4.69, 9.17) is 9.97 Å². The van der Waals surface area contributed by atoms with Gasteiger partial charge in [-0.2, -0.15) is 0 Å². The molecule has 0 bridgehead atoms. The molecule has 0 amide bonds. The first kappa shape index (κ1) is 16.8. The third-order valence-corrected chi connectivity index (χ3v) is 5.50. The zero-order valence-corrected chi connectivity index (χ0v) is 15.7. The van der Waals surface area contributed by atoms with Crippen LogP contribution >= 0.6 is 11.8 Å². The summed E-state index contributed by atoms with van der Waals surface area (Å²) in [6.45, 7) is 4.67. The third-order valence-electron chi connectivity index (χ3n) is 4.31. The molecule has 0 spiro atoms. The molecule has 0 saturated carbocycles. The predicted octanol–water partition coefficient (Wildman–Crippen LogP) is 3.90. The molecule has 5 nitrogen and oxygen atoms in total. The van der Waals surface area contributed by atoms with Gasteiger partial charge in [-0.15, -0.1) is 0 Å². The highest BCUT2D eigenvalue weighted by Gasteiger charge is 2.13. The van der Waals surface area contributed by atoms with Gasteiger partial charge in [0, 0.05) is 18.0 Å². The van der Waals surface area contributed by atoms with Crippen LogP contribution in [0.1, 0.15) is 24.6 Å². The van der Waals surface area contributed by atoms with Gasteiger partial charge in [-0.05, 0) is 37.1 Å². The highest BCUT2D eigenvalue weighted by molar-refractivity contribution is 7.99. The first-order valence-electron chi connectivity index (χ1n) is 8.73. The second kappa shape index (κ2) is 6.96. The van der Waals surface area contributed by atoms with Gasteiger partial charge < -0.3 is 4.57 Å². The Kier molecular flexibility index (Phi) is 4.51. The minimum atomic E-state index is -0.0547. The number of rotatable bonds is 5. The number of imidazole rings is 1. The Hall–Kier alpha value is -2.60. The van der Waals surface area contributed by atoms with Crippen LogP contribution in [0.15, 0.2) is 58.6 Å². The molecule has 26 heavy (non-hydrogen) atoms. The molecule has 0 saturated heterocycles. The van der Waals surface area contributed by atoms with Crippen LogP contribution in [0.25, 0.3) is 16.7 Å². The second-order valence-electron chi connectivity index (χ2n) is 6.29. The highest BCUT2D eigenvalue weighted by atomic mass is 32.2. The molecule has 0 fully saturated rings. The minimum Gasteiger partial charge on any atom is -0.313 e. The maximum atomic E-state index is 12.5. The van der Waals surface area contributed by atoms with Gasteiger partial charge in [-0.1, -0.05) is 36.9 Å². The van der Waals surface area contributed by atoms with Crippen molar-refractivity contribution < 1.29 is 0 Å². The maximum absolute atomic E-state index is 12.5. The van der Waals surface area contributed by atoms with E-state index in [9.17, 15) is 4.79 Å². The number of aryl methyl sites for hydroxylation is 1. The number of hydrogen-bond donors (Lipinski definition) is 0. The number of pyridine rings is 1. The summed E-state index contributed by atoms with van der Waals surface area (Å²) in [5.74, 6) is 1.01. The summed E-state index contributed by atoms with van der Waals surface area (Å²) >= 11 is 1.74. The van der Waals surface area contributed by atoms with Crippen LogP contribution in [-0.2, 0) is 6.54 Å². The molecule has 0 radical (unpaired) electrons. The van der Waals surface area contributed by atoms with Gasteiger partial charge in [0.1, 0.15) is 5.65 Å². The first-order chi connectivity index (χ1) is 12.7. The average Bonchev–Trinajstić information content (AvgIpc) is 2.99. The fraction of sp³-hybridized carbons (Fsp3) is 0.250. The van der Waals surface area contributed by atoms with E-state index in [1.54, 1.807) is 28.4 Å². The van der Waals surface area contributed by atoms with Crippen molar-refractivity contribution in [2.75, 3.05) is 5.75 Å². The fourth-order valence-corrected chi connectivity index (χ4v) is 3.93. The quantitative estimate of drug-likeness (QED) is 0.504. The SMILES string of the molecule is CCCSc1nc2ccccc2n1Cc1cc(=O)n2cccc(C)c2n1. The van der Waals surface area contributed by atoms with Crippen LogP contribution in [0.5, 0.6) is 0 Å². The topological polar surface area (TPSA) is 52.2 Å². The number of nitrogens with zero attached hydrogens (tertiary/aromatic N) is 4. The van der Waals surface area contributed by atoms with E-state index in [1.807, 2.05) is 37.3 Å². The molecular weight excluding hydrogens is 344 g/mol. The lowest BCUT2D eigenvalue weighted by atomic mass is 10.2. The van der Waals surface area contributed by atoms with Gasteiger partial charge >= 0.3 is 0 Å². The zero-order valence-electron chi connectivity index (χ0n) is 14.8. The number of para-hydroxylation sites is 2. The summed E-state index contributed by atoms with van der Waals surface area (Å²) in [5, 5.41) is 0.972. The molecule has 1 aromatic carbocycles. The van der Waals surface area contributed by atoms with Gasteiger partial charge in [-0.3, -0.25) is 9.20 Å². The third kappa shape index (κ3) is 3.01. The Morgan fingerprint density at radius 3 is 2.81 bits per heavy atom. The summed E-state index contributed by atoms with van der Waals surface area (Å²) in [6, 6.07) is 13.6. The number of hydrogen-bond acceptors (Lipinski definition) is 4. The molecule has 0 aliphatic heterocycles. The van der Waals surface area contributed by atoms with Gasteiger partial charge in [0.05, 0.1) is 23.3 Å². The molecule has 0 unspecified atom stereocenters. The molecule has 3 heterocycles.